The van der Waals surface area contributed by atoms with Crippen LogP contribution in [0.25, 0.3) is 0 Å². The van der Waals surface area contributed by atoms with E-state index in [4.69, 9.17) is 0 Å². The van der Waals surface area contributed by atoms with Crippen LogP contribution in [0.2, 0.25) is 0 Å². The Hall–Kier alpha value is -2.25. The van der Waals surface area contributed by atoms with Crippen LogP contribution in [-0.4, -0.2) is 36.7 Å². The van der Waals surface area contributed by atoms with E-state index in [1.54, 1.807) is 18.3 Å². The van der Waals surface area contributed by atoms with Crippen LogP contribution in [0.15, 0.2) is 41.6 Å². The zero-order valence-electron chi connectivity index (χ0n) is 15.9. The number of hydrogen-bond acceptors (Lipinski definition) is 4. The largest absolute Gasteiger partial charge is 0.325 e. The summed E-state index contributed by atoms with van der Waals surface area (Å²) in [6.07, 6.45) is 3.92. The number of rotatable bonds is 4. The third kappa shape index (κ3) is 4.20. The minimum absolute atomic E-state index is 0.0384. The van der Waals surface area contributed by atoms with Gasteiger partial charge in [0.2, 0.25) is 15.9 Å². The summed E-state index contributed by atoms with van der Waals surface area (Å²) in [4.78, 5) is 16.8. The lowest BCUT2D eigenvalue weighted by molar-refractivity contribution is -0.120. The molecule has 3 rings (SSSR count). The molecule has 27 heavy (non-hydrogen) atoms. The standard InChI is InChI=1S/C20H25N3O3S/c1-14-11-15(2)19(16(3)12-14)22-20(24)17-6-9-23(10-7-17)27(25,26)18-5-4-8-21-13-18/h4-5,8,11-13,17H,6-7,9-10H2,1-3H3,(H,22,24). The number of benzene rings is 1. The van der Waals surface area contributed by atoms with Gasteiger partial charge in [-0.3, -0.25) is 9.78 Å². The molecule has 0 atom stereocenters. The fourth-order valence-corrected chi connectivity index (χ4v) is 5.04. The van der Waals surface area contributed by atoms with Crippen LogP contribution in [0, 0.1) is 26.7 Å². The Bertz CT molecular complexity index is 911. The van der Waals surface area contributed by atoms with Crippen LogP contribution < -0.4 is 5.32 Å². The molecule has 2 aromatic rings. The third-order valence-corrected chi connectivity index (χ3v) is 6.90. The average molecular weight is 388 g/mol. The molecular weight excluding hydrogens is 362 g/mol. The molecule has 6 nitrogen and oxygen atoms in total. The zero-order valence-corrected chi connectivity index (χ0v) is 16.7. The number of piperidine rings is 1. The second-order valence-corrected chi connectivity index (χ2v) is 9.07. The maximum absolute atomic E-state index is 12.7. The van der Waals surface area contributed by atoms with Crippen LogP contribution in [-0.2, 0) is 14.8 Å². The Kier molecular flexibility index (Phi) is 5.62. The van der Waals surface area contributed by atoms with E-state index < -0.39 is 10.0 Å². The number of sulfonamides is 1. The molecule has 1 aromatic carbocycles. The highest BCUT2D eigenvalue weighted by Crippen LogP contribution is 2.27. The molecular formula is C20H25N3O3S. The minimum Gasteiger partial charge on any atom is -0.325 e. The molecule has 1 aliphatic rings. The first-order valence-corrected chi connectivity index (χ1v) is 10.5. The highest BCUT2D eigenvalue weighted by molar-refractivity contribution is 7.89. The second-order valence-electron chi connectivity index (χ2n) is 7.13. The summed E-state index contributed by atoms with van der Waals surface area (Å²) >= 11 is 0. The molecule has 0 bridgehead atoms. The van der Waals surface area contributed by atoms with Crippen LogP contribution in [0.5, 0.6) is 0 Å². The predicted molar refractivity (Wildman–Crippen MR) is 105 cm³/mol. The molecule has 2 heterocycles. The van der Waals surface area contributed by atoms with Crippen molar-refractivity contribution in [3.63, 3.8) is 0 Å². The first kappa shape index (κ1) is 19.5. The smallest absolute Gasteiger partial charge is 0.244 e. The molecule has 0 radical (unpaired) electrons. The van der Waals surface area contributed by atoms with Gasteiger partial charge in [0.1, 0.15) is 4.90 Å². The second kappa shape index (κ2) is 7.78. The van der Waals surface area contributed by atoms with Gasteiger partial charge in [0, 0.05) is 37.1 Å². The van der Waals surface area contributed by atoms with Gasteiger partial charge in [0.05, 0.1) is 0 Å². The van der Waals surface area contributed by atoms with Crippen LogP contribution in [0.3, 0.4) is 0 Å². The Balaban J connectivity index is 1.65. The van der Waals surface area contributed by atoms with E-state index in [0.717, 1.165) is 22.4 Å². The highest BCUT2D eigenvalue weighted by Gasteiger charge is 2.32. The van der Waals surface area contributed by atoms with Crippen LogP contribution in [0.4, 0.5) is 5.69 Å². The van der Waals surface area contributed by atoms with E-state index in [9.17, 15) is 13.2 Å². The lowest BCUT2D eigenvalue weighted by Gasteiger charge is -2.30. The molecule has 1 saturated heterocycles. The summed E-state index contributed by atoms with van der Waals surface area (Å²) in [5, 5.41) is 3.04. The molecule has 1 fully saturated rings. The van der Waals surface area contributed by atoms with E-state index in [2.05, 4.69) is 10.3 Å². The maximum atomic E-state index is 12.7. The van der Waals surface area contributed by atoms with Gasteiger partial charge in [-0.1, -0.05) is 17.7 Å². The summed E-state index contributed by atoms with van der Waals surface area (Å²) in [7, 11) is -3.55. The average Bonchev–Trinajstić information content (AvgIpc) is 2.65. The van der Waals surface area contributed by atoms with E-state index in [0.29, 0.717) is 25.9 Å². The van der Waals surface area contributed by atoms with Crippen molar-refractivity contribution in [2.24, 2.45) is 5.92 Å². The van der Waals surface area contributed by atoms with Gasteiger partial charge in [0.25, 0.3) is 0 Å². The molecule has 144 valence electrons. The number of anilines is 1. The predicted octanol–water partition coefficient (Wildman–Crippen LogP) is 3.05. The summed E-state index contributed by atoms with van der Waals surface area (Å²) in [5.41, 5.74) is 4.10. The minimum atomic E-state index is -3.55. The monoisotopic (exact) mass is 387 g/mol. The van der Waals surface area contributed by atoms with Crippen molar-refractivity contribution < 1.29 is 13.2 Å². The number of nitrogens with one attached hydrogen (secondary N) is 1. The van der Waals surface area contributed by atoms with E-state index in [1.165, 1.54) is 10.5 Å². The van der Waals surface area contributed by atoms with Gasteiger partial charge in [-0.15, -0.1) is 0 Å². The van der Waals surface area contributed by atoms with Crippen LogP contribution >= 0.6 is 0 Å². The van der Waals surface area contributed by atoms with Crippen molar-refractivity contribution in [2.75, 3.05) is 18.4 Å². The molecule has 7 heteroatoms. The van der Waals surface area contributed by atoms with Crippen molar-refractivity contribution in [1.29, 1.82) is 0 Å². The molecule has 1 aliphatic heterocycles. The molecule has 1 N–H and O–H groups in total. The fraction of sp³-hybridized carbons (Fsp3) is 0.400. The van der Waals surface area contributed by atoms with Gasteiger partial charge >= 0.3 is 0 Å². The normalized spacial score (nSPS) is 16.3. The molecule has 0 saturated carbocycles. The molecule has 0 aliphatic carbocycles. The Labute approximate surface area is 160 Å². The fourth-order valence-electron chi connectivity index (χ4n) is 3.61. The number of carbonyl (C=O) groups is 1. The number of nitrogens with zero attached hydrogens (tertiary/aromatic N) is 2. The van der Waals surface area contributed by atoms with Crippen molar-refractivity contribution in [1.82, 2.24) is 9.29 Å². The number of pyridine rings is 1. The third-order valence-electron chi connectivity index (χ3n) is 5.02. The lowest BCUT2D eigenvalue weighted by Crippen LogP contribution is -2.41. The number of carbonyl (C=O) groups excluding carboxylic acids is 1. The quantitative estimate of drug-likeness (QED) is 0.874. The van der Waals surface area contributed by atoms with E-state index in [1.807, 2.05) is 32.9 Å². The zero-order chi connectivity index (χ0) is 19.6. The lowest BCUT2D eigenvalue weighted by atomic mass is 9.96. The molecule has 1 aromatic heterocycles. The summed E-state index contributed by atoms with van der Waals surface area (Å²) in [5.74, 6) is -0.228. The first-order chi connectivity index (χ1) is 12.8. The topological polar surface area (TPSA) is 79.4 Å². The maximum Gasteiger partial charge on any atom is 0.244 e. The number of hydrogen-bond donors (Lipinski definition) is 1. The van der Waals surface area contributed by atoms with Crippen molar-refractivity contribution in [3.05, 3.63) is 53.3 Å². The van der Waals surface area contributed by atoms with Crippen molar-refractivity contribution in [3.8, 4) is 0 Å². The highest BCUT2D eigenvalue weighted by atomic mass is 32.2. The van der Waals surface area contributed by atoms with Gasteiger partial charge in [-0.05, 0) is 56.9 Å². The van der Waals surface area contributed by atoms with E-state index >= 15 is 0 Å². The Morgan fingerprint density at radius 3 is 2.33 bits per heavy atom. The van der Waals surface area contributed by atoms with Crippen molar-refractivity contribution in [2.45, 2.75) is 38.5 Å². The molecule has 0 unspecified atom stereocenters. The van der Waals surface area contributed by atoms with Crippen LogP contribution in [0.1, 0.15) is 29.5 Å². The summed E-state index contributed by atoms with van der Waals surface area (Å²) < 4.78 is 26.8. The SMILES string of the molecule is Cc1cc(C)c(NC(=O)C2CCN(S(=O)(=O)c3cccnc3)CC2)c(C)c1. The Morgan fingerprint density at radius 2 is 1.78 bits per heavy atom. The number of aryl methyl sites for hydroxylation is 3. The summed E-state index contributed by atoms with van der Waals surface area (Å²) in [6.45, 7) is 6.67. The van der Waals surface area contributed by atoms with Gasteiger partial charge in [-0.2, -0.15) is 4.31 Å². The van der Waals surface area contributed by atoms with Gasteiger partial charge in [-0.25, -0.2) is 8.42 Å². The number of aromatic nitrogens is 1. The summed E-state index contributed by atoms with van der Waals surface area (Å²) in [6, 6.07) is 7.25. The first-order valence-electron chi connectivity index (χ1n) is 9.08. The molecule has 0 spiro atoms. The van der Waals surface area contributed by atoms with Gasteiger partial charge in [0.15, 0.2) is 0 Å². The van der Waals surface area contributed by atoms with Gasteiger partial charge < -0.3 is 5.32 Å². The number of amides is 1. The van der Waals surface area contributed by atoms with E-state index in [-0.39, 0.29) is 16.7 Å². The van der Waals surface area contributed by atoms with Crippen molar-refractivity contribution >= 4 is 21.6 Å². The Morgan fingerprint density at radius 1 is 1.15 bits per heavy atom. The molecule has 1 amide bonds.